The van der Waals surface area contributed by atoms with E-state index in [9.17, 15) is 15.3 Å². The van der Waals surface area contributed by atoms with Crippen LogP contribution in [0.3, 0.4) is 0 Å². The predicted octanol–water partition coefficient (Wildman–Crippen LogP) is -1.50. The number of rotatable bonds is 6. The van der Waals surface area contributed by atoms with Crippen LogP contribution in [0.15, 0.2) is 5.11 Å². The Kier molecular flexibility index (Phi) is 6.30. The summed E-state index contributed by atoms with van der Waals surface area (Å²) in [5.41, 5.74) is 8.07. The van der Waals surface area contributed by atoms with Gasteiger partial charge in [0, 0.05) is 18.1 Å². The molecule has 5 atom stereocenters. The summed E-state index contributed by atoms with van der Waals surface area (Å²) in [6, 6.07) is 0. The number of aliphatic hydroxyl groups is 4. The Morgan fingerprint density at radius 2 is 1.94 bits per heavy atom. The molecular weight excluding hydrogens is 246 g/mol. The van der Waals surface area contributed by atoms with Crippen LogP contribution in [0.2, 0.25) is 0 Å². The van der Waals surface area contributed by atoms with Crippen LogP contribution in [-0.2, 0) is 9.47 Å². The summed E-state index contributed by atoms with van der Waals surface area (Å²) in [5, 5.41) is 40.8. The lowest BCUT2D eigenvalue weighted by atomic mass is 9.97. The van der Waals surface area contributed by atoms with E-state index in [1.54, 1.807) is 0 Å². The lowest BCUT2D eigenvalue weighted by Gasteiger charge is -2.40. The number of hydrogen-bond acceptors (Lipinski definition) is 7. The van der Waals surface area contributed by atoms with Gasteiger partial charge in [0.05, 0.1) is 12.7 Å². The molecule has 0 aromatic heterocycles. The highest BCUT2D eigenvalue weighted by molar-refractivity contribution is 4.89. The highest BCUT2D eigenvalue weighted by Gasteiger charge is 2.43. The van der Waals surface area contributed by atoms with Gasteiger partial charge in [-0.2, -0.15) is 0 Å². The maximum absolute atomic E-state index is 9.62. The first-order valence-electron chi connectivity index (χ1n) is 5.54. The smallest absolute Gasteiger partial charge is 0.186 e. The van der Waals surface area contributed by atoms with Gasteiger partial charge in [-0.3, -0.25) is 0 Å². The van der Waals surface area contributed by atoms with Crippen molar-refractivity contribution in [2.75, 3.05) is 19.8 Å². The van der Waals surface area contributed by atoms with Gasteiger partial charge in [-0.15, -0.1) is 0 Å². The third-order valence-corrected chi connectivity index (χ3v) is 2.62. The van der Waals surface area contributed by atoms with E-state index >= 15 is 0 Å². The second kappa shape index (κ2) is 7.49. The maximum Gasteiger partial charge on any atom is 0.186 e. The summed E-state index contributed by atoms with van der Waals surface area (Å²) in [7, 11) is 0. The molecule has 1 aliphatic heterocycles. The SMILES string of the molecule is [N-]=[N+]=NCCO[C@H]1O[C@H](CCO)[C@@H](O)[C@H](O)[C@@H]1O. The van der Waals surface area contributed by atoms with Gasteiger partial charge >= 0.3 is 0 Å². The molecule has 1 rings (SSSR count). The van der Waals surface area contributed by atoms with E-state index in [4.69, 9.17) is 20.1 Å². The molecule has 0 amide bonds. The predicted molar refractivity (Wildman–Crippen MR) is 58.3 cm³/mol. The van der Waals surface area contributed by atoms with Crippen LogP contribution >= 0.6 is 0 Å². The number of azide groups is 1. The summed E-state index contributed by atoms with van der Waals surface area (Å²) in [4.78, 5) is 2.53. The first kappa shape index (κ1) is 15.1. The van der Waals surface area contributed by atoms with Gasteiger partial charge in [0.15, 0.2) is 6.29 Å². The Hall–Kier alpha value is -0.930. The molecule has 9 nitrogen and oxygen atoms in total. The lowest BCUT2D eigenvalue weighted by molar-refractivity contribution is -0.297. The molecule has 4 N–H and O–H groups in total. The maximum atomic E-state index is 9.62. The molecule has 0 aromatic carbocycles. The minimum atomic E-state index is -1.42. The van der Waals surface area contributed by atoms with Crippen molar-refractivity contribution in [1.29, 1.82) is 0 Å². The molecule has 0 unspecified atom stereocenters. The van der Waals surface area contributed by atoms with Gasteiger partial charge in [-0.1, -0.05) is 5.11 Å². The van der Waals surface area contributed by atoms with Gasteiger partial charge in [-0.25, -0.2) is 0 Å². The minimum absolute atomic E-state index is 0.0143. The van der Waals surface area contributed by atoms with E-state index in [2.05, 4.69) is 10.0 Å². The van der Waals surface area contributed by atoms with Gasteiger partial charge in [-0.05, 0) is 12.0 Å². The highest BCUT2D eigenvalue weighted by Crippen LogP contribution is 2.23. The zero-order valence-corrected chi connectivity index (χ0v) is 9.66. The van der Waals surface area contributed by atoms with Crippen LogP contribution in [0.1, 0.15) is 6.42 Å². The van der Waals surface area contributed by atoms with E-state index < -0.39 is 30.7 Å². The third kappa shape index (κ3) is 3.79. The van der Waals surface area contributed by atoms with Crippen molar-refractivity contribution in [2.24, 2.45) is 5.11 Å². The van der Waals surface area contributed by atoms with Crippen molar-refractivity contribution >= 4 is 0 Å². The molecule has 0 bridgehead atoms. The van der Waals surface area contributed by atoms with E-state index in [-0.39, 0.29) is 26.2 Å². The zero-order valence-electron chi connectivity index (χ0n) is 9.66. The van der Waals surface area contributed by atoms with E-state index in [1.165, 1.54) is 0 Å². The minimum Gasteiger partial charge on any atom is -0.396 e. The molecular formula is C9H17N3O6. The molecule has 0 aromatic rings. The van der Waals surface area contributed by atoms with Crippen molar-refractivity contribution in [3.05, 3.63) is 10.4 Å². The molecule has 18 heavy (non-hydrogen) atoms. The van der Waals surface area contributed by atoms with Crippen LogP contribution < -0.4 is 0 Å². The quantitative estimate of drug-likeness (QED) is 0.198. The monoisotopic (exact) mass is 263 g/mol. The lowest BCUT2D eigenvalue weighted by Crippen LogP contribution is -2.58. The Morgan fingerprint density at radius 3 is 2.56 bits per heavy atom. The normalized spacial score (nSPS) is 36.1. The Balaban J connectivity index is 2.52. The first-order chi connectivity index (χ1) is 8.61. The fraction of sp³-hybridized carbons (Fsp3) is 1.00. The van der Waals surface area contributed by atoms with Crippen molar-refractivity contribution < 1.29 is 29.9 Å². The summed E-state index contributed by atoms with van der Waals surface area (Å²) in [6.45, 7) is -0.150. The average Bonchev–Trinajstić information content (AvgIpc) is 2.37. The van der Waals surface area contributed by atoms with Gasteiger partial charge in [0.2, 0.25) is 0 Å². The fourth-order valence-corrected chi connectivity index (χ4v) is 1.67. The fourth-order valence-electron chi connectivity index (χ4n) is 1.67. The zero-order chi connectivity index (χ0) is 13.5. The number of nitrogens with zero attached hydrogens (tertiary/aromatic N) is 3. The summed E-state index contributed by atoms with van der Waals surface area (Å²) in [6.07, 6.45) is -5.95. The standard InChI is InChI=1S/C9H17N3O6/c10-12-11-2-4-17-9-8(16)7(15)6(14)5(18-9)1-3-13/h5-9,13-16H,1-4H2/t5-,6-,7+,8+,9+/m1/s1. The summed E-state index contributed by atoms with van der Waals surface area (Å²) in [5.74, 6) is 0. The second-order valence-corrected chi connectivity index (χ2v) is 3.85. The van der Waals surface area contributed by atoms with Crippen LogP contribution in [0.4, 0.5) is 0 Å². The molecule has 104 valence electrons. The number of aliphatic hydroxyl groups excluding tert-OH is 4. The average molecular weight is 263 g/mol. The van der Waals surface area contributed by atoms with E-state index in [0.29, 0.717) is 0 Å². The summed E-state index contributed by atoms with van der Waals surface area (Å²) < 4.78 is 10.3. The molecule has 1 fully saturated rings. The van der Waals surface area contributed by atoms with Gasteiger partial charge in [0.1, 0.15) is 18.3 Å². The first-order valence-corrected chi connectivity index (χ1v) is 5.54. The molecule has 1 saturated heterocycles. The van der Waals surface area contributed by atoms with E-state index in [0.717, 1.165) is 0 Å². The molecule has 0 saturated carbocycles. The summed E-state index contributed by atoms with van der Waals surface area (Å²) >= 11 is 0. The van der Waals surface area contributed by atoms with Crippen LogP contribution in [0.5, 0.6) is 0 Å². The van der Waals surface area contributed by atoms with Crippen molar-refractivity contribution in [1.82, 2.24) is 0 Å². The number of ether oxygens (including phenoxy) is 2. The van der Waals surface area contributed by atoms with Gasteiger partial charge < -0.3 is 29.9 Å². The van der Waals surface area contributed by atoms with Crippen LogP contribution in [0.25, 0.3) is 10.4 Å². The topological polar surface area (TPSA) is 148 Å². The molecule has 0 aliphatic carbocycles. The number of hydrogen-bond donors (Lipinski definition) is 4. The third-order valence-electron chi connectivity index (χ3n) is 2.62. The molecule has 9 heteroatoms. The second-order valence-electron chi connectivity index (χ2n) is 3.85. The van der Waals surface area contributed by atoms with Crippen molar-refractivity contribution in [2.45, 2.75) is 37.1 Å². The molecule has 1 aliphatic rings. The van der Waals surface area contributed by atoms with Crippen molar-refractivity contribution in [3.8, 4) is 0 Å². The molecule has 0 radical (unpaired) electrons. The van der Waals surface area contributed by atoms with E-state index in [1.807, 2.05) is 0 Å². The van der Waals surface area contributed by atoms with Crippen LogP contribution in [-0.4, -0.2) is 70.9 Å². The van der Waals surface area contributed by atoms with Crippen LogP contribution in [0, 0.1) is 0 Å². The Morgan fingerprint density at radius 1 is 1.22 bits per heavy atom. The van der Waals surface area contributed by atoms with Gasteiger partial charge in [0.25, 0.3) is 0 Å². The molecule has 1 heterocycles. The van der Waals surface area contributed by atoms with Crippen molar-refractivity contribution in [3.63, 3.8) is 0 Å². The Labute approximate surface area is 103 Å². The Bertz CT molecular complexity index is 298. The highest BCUT2D eigenvalue weighted by atomic mass is 16.7. The largest absolute Gasteiger partial charge is 0.396 e. The molecule has 0 spiro atoms.